The predicted octanol–water partition coefficient (Wildman–Crippen LogP) is 3.03. The molecule has 3 aromatic rings. The van der Waals surface area contributed by atoms with E-state index in [4.69, 9.17) is 4.42 Å². The summed E-state index contributed by atoms with van der Waals surface area (Å²) in [5.74, 6) is 2.57. The highest BCUT2D eigenvalue weighted by Crippen LogP contribution is 2.18. The minimum Gasteiger partial charge on any atom is -0.466 e. The van der Waals surface area contributed by atoms with Crippen molar-refractivity contribution in [3.05, 3.63) is 53.2 Å². The van der Waals surface area contributed by atoms with E-state index in [9.17, 15) is 4.79 Å². The summed E-state index contributed by atoms with van der Waals surface area (Å²) in [5.41, 5.74) is 3.26. The van der Waals surface area contributed by atoms with Gasteiger partial charge in [0.15, 0.2) is 0 Å². The zero-order chi connectivity index (χ0) is 16.4. The molecule has 0 aliphatic heterocycles. The summed E-state index contributed by atoms with van der Waals surface area (Å²) in [7, 11) is 1.98. The largest absolute Gasteiger partial charge is 0.466 e. The third kappa shape index (κ3) is 3.28. The molecule has 2 aromatic heterocycles. The molecule has 5 heteroatoms. The van der Waals surface area contributed by atoms with E-state index < -0.39 is 0 Å². The Morgan fingerprint density at radius 2 is 2.09 bits per heavy atom. The standard InChI is InChI=1S/C18H21N3O2/c1-12-5-4-6-15-18(12)21(3)16(20-15)11-19-17(22)10-9-14-8-7-13(2)23-14/h4-8H,9-11H2,1-3H3,(H,19,22). The lowest BCUT2D eigenvalue weighted by Crippen LogP contribution is -2.24. The van der Waals surface area contributed by atoms with Gasteiger partial charge in [-0.2, -0.15) is 0 Å². The maximum Gasteiger partial charge on any atom is 0.220 e. The number of aromatic nitrogens is 2. The number of amides is 1. The lowest BCUT2D eigenvalue weighted by molar-refractivity contribution is -0.121. The van der Waals surface area contributed by atoms with Gasteiger partial charge in [0.2, 0.25) is 5.91 Å². The van der Waals surface area contributed by atoms with Gasteiger partial charge in [0, 0.05) is 19.9 Å². The van der Waals surface area contributed by atoms with Crippen LogP contribution in [0.25, 0.3) is 11.0 Å². The molecule has 0 fully saturated rings. The van der Waals surface area contributed by atoms with E-state index >= 15 is 0 Å². The summed E-state index contributed by atoms with van der Waals surface area (Å²) in [4.78, 5) is 16.6. The summed E-state index contributed by atoms with van der Waals surface area (Å²) in [6.07, 6.45) is 1.03. The van der Waals surface area contributed by atoms with Crippen molar-refractivity contribution in [1.29, 1.82) is 0 Å². The van der Waals surface area contributed by atoms with Gasteiger partial charge < -0.3 is 14.3 Å². The van der Waals surface area contributed by atoms with E-state index in [2.05, 4.69) is 23.3 Å². The molecule has 23 heavy (non-hydrogen) atoms. The van der Waals surface area contributed by atoms with Crippen molar-refractivity contribution in [3.63, 3.8) is 0 Å². The molecule has 0 unspecified atom stereocenters. The molecule has 0 saturated carbocycles. The molecule has 1 amide bonds. The van der Waals surface area contributed by atoms with E-state index in [1.165, 1.54) is 5.56 Å². The number of carbonyl (C=O) groups is 1. The van der Waals surface area contributed by atoms with Gasteiger partial charge in [0.1, 0.15) is 17.3 Å². The molecular formula is C18H21N3O2. The van der Waals surface area contributed by atoms with Gasteiger partial charge in [-0.1, -0.05) is 12.1 Å². The predicted molar refractivity (Wildman–Crippen MR) is 89.1 cm³/mol. The van der Waals surface area contributed by atoms with Crippen LogP contribution in [0, 0.1) is 13.8 Å². The quantitative estimate of drug-likeness (QED) is 0.788. The first-order valence-electron chi connectivity index (χ1n) is 7.77. The van der Waals surface area contributed by atoms with Gasteiger partial charge in [0.25, 0.3) is 0 Å². The molecule has 0 bridgehead atoms. The number of nitrogens with one attached hydrogen (secondary N) is 1. The summed E-state index contributed by atoms with van der Waals surface area (Å²) < 4.78 is 7.51. The Morgan fingerprint density at radius 3 is 2.78 bits per heavy atom. The molecule has 120 valence electrons. The fraction of sp³-hybridized carbons (Fsp3) is 0.333. The number of imidazole rings is 1. The lowest BCUT2D eigenvalue weighted by Gasteiger charge is -2.06. The third-order valence-electron chi connectivity index (χ3n) is 4.03. The van der Waals surface area contributed by atoms with Crippen molar-refractivity contribution in [2.45, 2.75) is 33.2 Å². The van der Waals surface area contributed by atoms with Crippen LogP contribution >= 0.6 is 0 Å². The second-order valence-electron chi connectivity index (χ2n) is 5.82. The van der Waals surface area contributed by atoms with Gasteiger partial charge >= 0.3 is 0 Å². The maximum atomic E-state index is 12.0. The van der Waals surface area contributed by atoms with Crippen molar-refractivity contribution in [3.8, 4) is 0 Å². The van der Waals surface area contributed by atoms with Gasteiger partial charge in [-0.3, -0.25) is 4.79 Å². The average molecular weight is 311 g/mol. The van der Waals surface area contributed by atoms with Gasteiger partial charge in [-0.05, 0) is 37.6 Å². The lowest BCUT2D eigenvalue weighted by atomic mass is 10.2. The Kier molecular flexibility index (Phi) is 4.19. The number of hydrogen-bond donors (Lipinski definition) is 1. The molecular weight excluding hydrogens is 290 g/mol. The second-order valence-corrected chi connectivity index (χ2v) is 5.82. The Hall–Kier alpha value is -2.56. The fourth-order valence-electron chi connectivity index (χ4n) is 2.79. The highest BCUT2D eigenvalue weighted by Gasteiger charge is 2.11. The summed E-state index contributed by atoms with van der Waals surface area (Å²) >= 11 is 0. The first-order chi connectivity index (χ1) is 11.0. The van der Waals surface area contributed by atoms with E-state index in [1.807, 2.05) is 42.8 Å². The summed E-state index contributed by atoms with van der Waals surface area (Å²) in [5, 5.41) is 2.93. The normalized spacial score (nSPS) is 11.1. The zero-order valence-corrected chi connectivity index (χ0v) is 13.7. The Bertz CT molecular complexity index is 845. The van der Waals surface area contributed by atoms with Crippen LogP contribution in [-0.4, -0.2) is 15.5 Å². The van der Waals surface area contributed by atoms with Crippen molar-refractivity contribution in [2.24, 2.45) is 7.05 Å². The molecule has 3 rings (SSSR count). The van der Waals surface area contributed by atoms with Crippen LogP contribution in [0.2, 0.25) is 0 Å². The van der Waals surface area contributed by atoms with Gasteiger partial charge in [-0.25, -0.2) is 4.98 Å². The smallest absolute Gasteiger partial charge is 0.220 e. The number of benzene rings is 1. The second kappa shape index (κ2) is 6.28. The molecule has 0 aliphatic rings. The highest BCUT2D eigenvalue weighted by atomic mass is 16.3. The molecule has 0 radical (unpaired) electrons. The number of rotatable bonds is 5. The monoisotopic (exact) mass is 311 g/mol. The third-order valence-corrected chi connectivity index (χ3v) is 4.03. The minimum absolute atomic E-state index is 0.00262. The Labute approximate surface area is 135 Å². The van der Waals surface area contributed by atoms with Gasteiger partial charge in [0.05, 0.1) is 17.6 Å². The number of aryl methyl sites for hydroxylation is 4. The summed E-state index contributed by atoms with van der Waals surface area (Å²) in [6.45, 7) is 4.40. The fourth-order valence-corrected chi connectivity index (χ4v) is 2.79. The van der Waals surface area contributed by atoms with E-state index in [1.54, 1.807) is 0 Å². The minimum atomic E-state index is 0.00262. The van der Waals surface area contributed by atoms with Crippen molar-refractivity contribution in [2.75, 3.05) is 0 Å². The van der Waals surface area contributed by atoms with Crippen LogP contribution in [0.5, 0.6) is 0 Å². The molecule has 1 N–H and O–H groups in total. The maximum absolute atomic E-state index is 12.0. The number of nitrogens with zero attached hydrogens (tertiary/aromatic N) is 2. The Balaban J connectivity index is 1.61. The number of furan rings is 1. The number of para-hydroxylation sites is 1. The Morgan fingerprint density at radius 1 is 1.26 bits per heavy atom. The van der Waals surface area contributed by atoms with E-state index in [-0.39, 0.29) is 5.91 Å². The van der Waals surface area contributed by atoms with Crippen LogP contribution in [0.15, 0.2) is 34.7 Å². The molecule has 0 spiro atoms. The van der Waals surface area contributed by atoms with E-state index in [0.29, 0.717) is 19.4 Å². The molecule has 2 heterocycles. The van der Waals surface area contributed by atoms with Crippen LogP contribution in [0.3, 0.4) is 0 Å². The number of fused-ring (bicyclic) bond motifs is 1. The molecule has 0 atom stereocenters. The highest BCUT2D eigenvalue weighted by molar-refractivity contribution is 5.80. The van der Waals surface area contributed by atoms with Crippen LogP contribution in [0.4, 0.5) is 0 Å². The van der Waals surface area contributed by atoms with Crippen LogP contribution < -0.4 is 5.32 Å². The zero-order valence-electron chi connectivity index (χ0n) is 13.7. The van der Waals surface area contributed by atoms with Crippen molar-refractivity contribution < 1.29 is 9.21 Å². The summed E-state index contributed by atoms with van der Waals surface area (Å²) in [6, 6.07) is 9.88. The van der Waals surface area contributed by atoms with Crippen LogP contribution in [0.1, 0.15) is 29.3 Å². The van der Waals surface area contributed by atoms with E-state index in [0.717, 1.165) is 28.4 Å². The van der Waals surface area contributed by atoms with Gasteiger partial charge in [-0.15, -0.1) is 0 Å². The topological polar surface area (TPSA) is 60.1 Å². The molecule has 0 aliphatic carbocycles. The molecule has 1 aromatic carbocycles. The number of carbonyl (C=O) groups excluding carboxylic acids is 1. The molecule has 5 nitrogen and oxygen atoms in total. The van der Waals surface area contributed by atoms with Crippen LogP contribution in [-0.2, 0) is 24.8 Å². The first kappa shape index (κ1) is 15.3. The first-order valence-corrected chi connectivity index (χ1v) is 7.77. The van der Waals surface area contributed by atoms with Crippen molar-refractivity contribution >= 4 is 16.9 Å². The SMILES string of the molecule is Cc1ccc(CCC(=O)NCc2nc3cccc(C)c3n2C)o1. The average Bonchev–Trinajstić information content (AvgIpc) is 3.08. The molecule has 0 saturated heterocycles. The van der Waals surface area contributed by atoms with Crippen molar-refractivity contribution in [1.82, 2.24) is 14.9 Å². The number of hydrogen-bond acceptors (Lipinski definition) is 3.